The molecule has 34 heavy (non-hydrogen) atoms. The van der Waals surface area contributed by atoms with Gasteiger partial charge in [0.1, 0.15) is 0 Å². The summed E-state index contributed by atoms with van der Waals surface area (Å²) in [6.45, 7) is 1.95. The van der Waals surface area contributed by atoms with Crippen LogP contribution >= 0.6 is 34.8 Å². The zero-order valence-electron chi connectivity index (χ0n) is 19.0. The molecule has 1 aromatic heterocycles. The number of amides is 1. The van der Waals surface area contributed by atoms with Crippen molar-refractivity contribution in [2.75, 3.05) is 0 Å². The summed E-state index contributed by atoms with van der Waals surface area (Å²) in [5, 5.41) is 9.95. The second-order valence-electron chi connectivity index (χ2n) is 10.5. The number of halogens is 3. The van der Waals surface area contributed by atoms with Crippen molar-refractivity contribution in [3.63, 3.8) is 0 Å². The standard InChI is InChI=1S/C27H26Cl3N3O/c1-15-24(26(34)31-27-12-16-8-17(13-27)10-18(9-16)14-27)32-33(23-7-6-21(29)11-22(23)30)25(15)19-2-4-20(28)5-3-19/h2-7,11,16-18H,8-10,12-14H2,1H3,(H,31,34). The average molecular weight is 515 g/mol. The molecule has 1 amide bonds. The molecule has 0 atom stereocenters. The van der Waals surface area contributed by atoms with Crippen LogP contribution in [0.4, 0.5) is 0 Å². The summed E-state index contributed by atoms with van der Waals surface area (Å²) in [5.41, 5.74) is 3.57. The monoisotopic (exact) mass is 513 g/mol. The Morgan fingerprint density at radius 3 is 2.12 bits per heavy atom. The molecule has 1 N–H and O–H groups in total. The molecule has 0 radical (unpaired) electrons. The molecule has 176 valence electrons. The molecule has 3 aromatic rings. The molecule has 7 heteroatoms. The molecule has 4 bridgehead atoms. The fourth-order valence-electron chi connectivity index (χ4n) is 7.05. The highest BCUT2D eigenvalue weighted by atomic mass is 35.5. The van der Waals surface area contributed by atoms with Gasteiger partial charge in [-0.2, -0.15) is 5.10 Å². The van der Waals surface area contributed by atoms with Gasteiger partial charge in [0.15, 0.2) is 5.69 Å². The second kappa shape index (κ2) is 8.29. The summed E-state index contributed by atoms with van der Waals surface area (Å²) in [6, 6.07) is 12.9. The van der Waals surface area contributed by atoms with E-state index >= 15 is 0 Å². The zero-order valence-corrected chi connectivity index (χ0v) is 21.2. The normalized spacial score (nSPS) is 27.2. The predicted molar refractivity (Wildman–Crippen MR) is 137 cm³/mol. The van der Waals surface area contributed by atoms with E-state index < -0.39 is 0 Å². The van der Waals surface area contributed by atoms with E-state index in [1.165, 1.54) is 19.3 Å². The van der Waals surface area contributed by atoms with E-state index in [0.29, 0.717) is 26.4 Å². The van der Waals surface area contributed by atoms with Gasteiger partial charge in [-0.05, 0) is 93.5 Å². The van der Waals surface area contributed by atoms with Gasteiger partial charge in [0.05, 0.1) is 16.4 Å². The van der Waals surface area contributed by atoms with Crippen molar-refractivity contribution in [2.24, 2.45) is 17.8 Å². The molecular formula is C27H26Cl3N3O. The summed E-state index contributed by atoms with van der Waals surface area (Å²) in [7, 11) is 0. The van der Waals surface area contributed by atoms with Gasteiger partial charge in [-0.3, -0.25) is 4.79 Å². The molecule has 7 rings (SSSR count). The number of hydrogen-bond acceptors (Lipinski definition) is 2. The maximum absolute atomic E-state index is 13.7. The van der Waals surface area contributed by atoms with E-state index in [4.69, 9.17) is 39.9 Å². The maximum Gasteiger partial charge on any atom is 0.272 e. The fraction of sp³-hybridized carbons (Fsp3) is 0.407. The van der Waals surface area contributed by atoms with Crippen LogP contribution in [0.1, 0.15) is 54.6 Å². The highest BCUT2D eigenvalue weighted by Crippen LogP contribution is 2.55. The van der Waals surface area contributed by atoms with Crippen LogP contribution in [-0.2, 0) is 0 Å². The minimum Gasteiger partial charge on any atom is -0.345 e. The molecule has 1 heterocycles. The molecule has 4 aliphatic rings. The molecule has 0 saturated heterocycles. The molecule has 0 aliphatic heterocycles. The van der Waals surface area contributed by atoms with E-state index in [-0.39, 0.29) is 11.4 Å². The summed E-state index contributed by atoms with van der Waals surface area (Å²) in [5.74, 6) is 2.16. The molecule has 0 unspecified atom stereocenters. The van der Waals surface area contributed by atoms with Gasteiger partial charge in [0, 0.05) is 26.7 Å². The quantitative estimate of drug-likeness (QED) is 0.392. The number of nitrogens with one attached hydrogen (secondary N) is 1. The minimum atomic E-state index is -0.0986. The number of nitrogens with zero attached hydrogens (tertiary/aromatic N) is 2. The Hall–Kier alpha value is -2.01. The topological polar surface area (TPSA) is 46.9 Å². The molecular weight excluding hydrogens is 489 g/mol. The Morgan fingerprint density at radius 2 is 1.53 bits per heavy atom. The first-order chi connectivity index (χ1) is 16.3. The summed E-state index contributed by atoms with van der Waals surface area (Å²) < 4.78 is 1.76. The van der Waals surface area contributed by atoms with Crippen LogP contribution in [0.5, 0.6) is 0 Å². The van der Waals surface area contributed by atoms with Crippen LogP contribution in [0.3, 0.4) is 0 Å². The van der Waals surface area contributed by atoms with Crippen LogP contribution in [0.25, 0.3) is 16.9 Å². The molecule has 4 aliphatic carbocycles. The highest BCUT2D eigenvalue weighted by Gasteiger charge is 2.51. The lowest BCUT2D eigenvalue weighted by Crippen LogP contribution is -2.59. The van der Waals surface area contributed by atoms with Gasteiger partial charge in [-0.1, -0.05) is 46.9 Å². The van der Waals surface area contributed by atoms with Gasteiger partial charge in [0.2, 0.25) is 0 Å². The lowest BCUT2D eigenvalue weighted by Gasteiger charge is -2.56. The summed E-state index contributed by atoms with van der Waals surface area (Å²) in [6.07, 6.45) is 7.28. The fourth-order valence-corrected chi connectivity index (χ4v) is 7.66. The van der Waals surface area contributed by atoms with Crippen molar-refractivity contribution < 1.29 is 4.79 Å². The smallest absolute Gasteiger partial charge is 0.272 e. The van der Waals surface area contributed by atoms with Crippen molar-refractivity contribution in [1.82, 2.24) is 15.1 Å². The summed E-state index contributed by atoms with van der Waals surface area (Å²) >= 11 is 18.9. The number of rotatable bonds is 4. The first kappa shape index (κ1) is 22.5. The Bertz CT molecular complexity index is 1250. The van der Waals surface area contributed by atoms with E-state index in [1.54, 1.807) is 16.8 Å². The van der Waals surface area contributed by atoms with Crippen LogP contribution in [0.2, 0.25) is 15.1 Å². The highest BCUT2D eigenvalue weighted by molar-refractivity contribution is 6.35. The van der Waals surface area contributed by atoms with Crippen molar-refractivity contribution in [3.8, 4) is 16.9 Å². The minimum absolute atomic E-state index is 0.0829. The van der Waals surface area contributed by atoms with E-state index in [0.717, 1.165) is 53.8 Å². The third-order valence-corrected chi connectivity index (χ3v) is 8.80. The van der Waals surface area contributed by atoms with Crippen molar-refractivity contribution in [3.05, 3.63) is 68.8 Å². The number of benzene rings is 2. The van der Waals surface area contributed by atoms with Crippen molar-refractivity contribution in [1.29, 1.82) is 0 Å². The SMILES string of the molecule is Cc1c(C(=O)NC23CC4CC(CC(C4)C2)C3)nn(-c2ccc(Cl)cc2Cl)c1-c1ccc(Cl)cc1. The van der Waals surface area contributed by atoms with Gasteiger partial charge < -0.3 is 5.32 Å². The maximum atomic E-state index is 13.7. The molecule has 2 aromatic carbocycles. The van der Waals surface area contributed by atoms with Crippen LogP contribution in [0, 0.1) is 24.7 Å². The van der Waals surface area contributed by atoms with Crippen LogP contribution in [-0.4, -0.2) is 21.2 Å². The summed E-state index contributed by atoms with van der Waals surface area (Å²) in [4.78, 5) is 13.7. The molecule has 4 saturated carbocycles. The third kappa shape index (κ3) is 3.84. The van der Waals surface area contributed by atoms with Gasteiger partial charge in [-0.25, -0.2) is 4.68 Å². The number of carbonyl (C=O) groups is 1. The number of hydrogen-bond donors (Lipinski definition) is 1. The molecule has 4 fully saturated rings. The Morgan fingerprint density at radius 1 is 0.941 bits per heavy atom. The largest absolute Gasteiger partial charge is 0.345 e. The second-order valence-corrected chi connectivity index (χ2v) is 11.8. The lowest BCUT2D eigenvalue weighted by atomic mass is 9.53. The lowest BCUT2D eigenvalue weighted by molar-refractivity contribution is -0.0168. The van der Waals surface area contributed by atoms with Crippen molar-refractivity contribution >= 4 is 40.7 Å². The Balaban J connectivity index is 1.42. The first-order valence-electron chi connectivity index (χ1n) is 11.9. The molecule has 4 nitrogen and oxygen atoms in total. The number of aromatic nitrogens is 2. The van der Waals surface area contributed by atoms with E-state index in [9.17, 15) is 4.79 Å². The van der Waals surface area contributed by atoms with Gasteiger partial charge in [0.25, 0.3) is 5.91 Å². The van der Waals surface area contributed by atoms with Crippen molar-refractivity contribution in [2.45, 2.75) is 51.0 Å². The van der Waals surface area contributed by atoms with Crippen LogP contribution < -0.4 is 5.32 Å². The Kier molecular flexibility index (Phi) is 5.47. The van der Waals surface area contributed by atoms with Gasteiger partial charge >= 0.3 is 0 Å². The molecule has 0 spiro atoms. The predicted octanol–water partition coefficient (Wildman–Crippen LogP) is 7.51. The Labute approximate surface area is 214 Å². The average Bonchev–Trinajstić information content (AvgIpc) is 3.10. The van der Waals surface area contributed by atoms with E-state index in [2.05, 4.69) is 5.32 Å². The van der Waals surface area contributed by atoms with E-state index in [1.807, 2.05) is 37.3 Å². The first-order valence-corrected chi connectivity index (χ1v) is 13.1. The van der Waals surface area contributed by atoms with Gasteiger partial charge in [-0.15, -0.1) is 0 Å². The number of carbonyl (C=O) groups excluding carboxylic acids is 1. The zero-order chi connectivity index (χ0) is 23.6. The third-order valence-electron chi connectivity index (χ3n) is 8.01. The van der Waals surface area contributed by atoms with Crippen LogP contribution in [0.15, 0.2) is 42.5 Å².